The monoisotopic (exact) mass is 573 g/mol. The highest BCUT2D eigenvalue weighted by atomic mass is 19.1. The molecule has 12 heteroatoms. The van der Waals surface area contributed by atoms with Gasteiger partial charge in [-0.15, -0.1) is 0 Å². The first-order valence-corrected chi connectivity index (χ1v) is 13.6. The van der Waals surface area contributed by atoms with Crippen LogP contribution in [0.5, 0.6) is 5.88 Å². The Kier molecular flexibility index (Phi) is 8.72. The highest BCUT2D eigenvalue weighted by molar-refractivity contribution is 5.91. The number of quaternary nitrogens is 1. The number of hydrogen-bond donors (Lipinski definition) is 1. The first kappa shape index (κ1) is 29.1. The number of fused-ring (bicyclic) bond motifs is 1. The van der Waals surface area contributed by atoms with Crippen molar-refractivity contribution in [2.75, 3.05) is 19.7 Å². The number of piperidine rings is 1. The van der Waals surface area contributed by atoms with Gasteiger partial charge in [0.25, 0.3) is 0 Å². The minimum Gasteiger partial charge on any atom is -0.545 e. The number of benzene rings is 2. The molecule has 2 aromatic heterocycles. The van der Waals surface area contributed by atoms with Crippen LogP contribution in [0.1, 0.15) is 52.6 Å². The first-order chi connectivity index (χ1) is 20.0. The largest absolute Gasteiger partial charge is 0.545 e. The third-order valence-electron chi connectivity index (χ3n) is 7.80. The van der Waals surface area contributed by atoms with Crippen LogP contribution in [0.2, 0.25) is 0 Å². The van der Waals surface area contributed by atoms with Crippen molar-refractivity contribution in [1.82, 2.24) is 30.6 Å². The van der Waals surface area contributed by atoms with Crippen LogP contribution in [0.25, 0.3) is 15.9 Å². The van der Waals surface area contributed by atoms with Gasteiger partial charge in [0.1, 0.15) is 23.9 Å². The summed E-state index contributed by atoms with van der Waals surface area (Å²) in [4.78, 5) is 30.8. The van der Waals surface area contributed by atoms with Crippen molar-refractivity contribution < 1.29 is 23.8 Å². The molecule has 2 aliphatic rings. The fourth-order valence-corrected chi connectivity index (χ4v) is 5.42. The van der Waals surface area contributed by atoms with Gasteiger partial charge >= 0.3 is 0 Å². The number of halogens is 1. The Bertz CT molecular complexity index is 1620. The molecule has 0 unspecified atom stereocenters. The van der Waals surface area contributed by atoms with E-state index in [1.165, 1.54) is 12.1 Å². The Hall–Kier alpha value is -4.44. The molecule has 4 aromatic rings. The van der Waals surface area contributed by atoms with E-state index in [0.29, 0.717) is 24.5 Å². The molecule has 2 aliphatic heterocycles. The van der Waals surface area contributed by atoms with E-state index >= 15 is 0 Å². The Morgan fingerprint density at radius 3 is 2.62 bits per heavy atom. The molecular weight excluding hydrogens is 541 g/mol. The van der Waals surface area contributed by atoms with Crippen molar-refractivity contribution in [1.29, 1.82) is 0 Å². The van der Waals surface area contributed by atoms with Crippen LogP contribution in [0.15, 0.2) is 48.8 Å². The molecular formula is C30H32FN7O4. The maximum absolute atomic E-state index is 14.4. The minimum absolute atomic E-state index is 0. The lowest BCUT2D eigenvalue weighted by Crippen LogP contribution is -2.35. The molecule has 0 bridgehead atoms. The normalized spacial score (nSPS) is 17.3. The summed E-state index contributed by atoms with van der Waals surface area (Å²) in [6.45, 7) is 10.6. The van der Waals surface area contributed by atoms with Crippen molar-refractivity contribution in [3.05, 3.63) is 88.7 Å². The molecule has 4 heterocycles. The number of aromatic carboxylic acids is 1. The Morgan fingerprint density at radius 1 is 1.14 bits per heavy atom. The maximum Gasteiger partial charge on any atom is 0.236 e. The number of carbonyl (C=O) groups excluding carboxylic acids is 1. The standard InChI is InChI=1S/C30H29FN6O4.H3N/c1-32-22-4-2-21(24(31)15-22)18-41-29-28(33-9-10-34-29)19-6-11-36(12-7-19)17-27-35-25-5-3-20(30(38)39)14-26(25)37(27)16-23-8-13-40-23;/h2-5,9-10,14-15,19,23H,6-8,11-13,16-18H2,(H,38,39);1H3/t23-;/m0./s1. The van der Waals surface area contributed by atoms with Crippen LogP contribution < -0.4 is 16.0 Å². The zero-order valence-corrected chi connectivity index (χ0v) is 23.3. The zero-order valence-electron chi connectivity index (χ0n) is 23.3. The van der Waals surface area contributed by atoms with E-state index in [2.05, 4.69) is 24.3 Å². The van der Waals surface area contributed by atoms with Gasteiger partial charge in [-0.3, -0.25) is 9.88 Å². The molecule has 1 atom stereocenters. The molecule has 0 spiro atoms. The van der Waals surface area contributed by atoms with Crippen LogP contribution >= 0.6 is 0 Å². The van der Waals surface area contributed by atoms with E-state index in [9.17, 15) is 14.3 Å². The summed E-state index contributed by atoms with van der Waals surface area (Å²) < 4.78 is 28.0. The van der Waals surface area contributed by atoms with Crippen LogP contribution in [-0.2, 0) is 24.4 Å². The molecule has 6 rings (SSSR count). The predicted octanol–water partition coefficient (Wildman–Crippen LogP) is 4.00. The van der Waals surface area contributed by atoms with E-state index in [1.54, 1.807) is 36.7 Å². The van der Waals surface area contributed by atoms with Crippen molar-refractivity contribution in [3.8, 4) is 5.88 Å². The lowest BCUT2D eigenvalue weighted by molar-refractivity contribution is -0.255. The summed E-state index contributed by atoms with van der Waals surface area (Å²) in [5, 5.41) is 11.5. The van der Waals surface area contributed by atoms with Gasteiger partial charge in [-0.1, -0.05) is 18.2 Å². The topological polar surface area (TPSA) is 146 Å². The molecule has 42 heavy (non-hydrogen) atoms. The molecule has 2 aromatic carbocycles. The number of carboxylic acids is 1. The fraction of sp³-hybridized carbons (Fsp3) is 0.367. The quantitative estimate of drug-likeness (QED) is 0.296. The molecule has 0 saturated carbocycles. The van der Waals surface area contributed by atoms with E-state index in [1.807, 2.05) is 0 Å². The molecule has 0 amide bonds. The lowest BCUT2D eigenvalue weighted by atomic mass is 9.93. The third-order valence-corrected chi connectivity index (χ3v) is 7.80. The highest BCUT2D eigenvalue weighted by Crippen LogP contribution is 2.33. The molecule has 11 nitrogen and oxygen atoms in total. The van der Waals surface area contributed by atoms with Gasteiger partial charge in [0.15, 0.2) is 5.69 Å². The van der Waals surface area contributed by atoms with Crippen molar-refractivity contribution in [2.24, 2.45) is 0 Å². The number of likely N-dealkylation sites (tertiary alicyclic amines) is 1. The van der Waals surface area contributed by atoms with Crippen LogP contribution in [0.3, 0.4) is 0 Å². The van der Waals surface area contributed by atoms with Crippen molar-refractivity contribution in [2.45, 2.75) is 51.0 Å². The Labute approximate surface area is 242 Å². The smallest absolute Gasteiger partial charge is 0.236 e. The molecule has 0 radical (unpaired) electrons. The number of aromatic nitrogens is 4. The average Bonchev–Trinajstić information content (AvgIpc) is 3.30. The second-order valence-electron chi connectivity index (χ2n) is 10.4. The van der Waals surface area contributed by atoms with Gasteiger partial charge in [-0.05, 0) is 56.1 Å². The van der Waals surface area contributed by atoms with Crippen LogP contribution in [0, 0.1) is 12.4 Å². The summed E-state index contributed by atoms with van der Waals surface area (Å²) >= 11 is 0. The van der Waals surface area contributed by atoms with Crippen LogP contribution in [0.4, 0.5) is 10.1 Å². The van der Waals surface area contributed by atoms with E-state index in [4.69, 9.17) is 21.0 Å². The average molecular weight is 574 g/mol. The second kappa shape index (κ2) is 12.6. The highest BCUT2D eigenvalue weighted by Gasteiger charge is 2.27. The summed E-state index contributed by atoms with van der Waals surface area (Å²) in [7, 11) is 0. The second-order valence-corrected chi connectivity index (χ2v) is 10.4. The van der Waals surface area contributed by atoms with Crippen molar-refractivity contribution >= 4 is 22.7 Å². The fourth-order valence-electron chi connectivity index (χ4n) is 5.42. The Morgan fingerprint density at radius 2 is 1.93 bits per heavy atom. The number of imidazole rings is 1. The number of hydrogen-bond acceptors (Lipinski definition) is 8. The van der Waals surface area contributed by atoms with Gasteiger partial charge in [0.05, 0.1) is 42.8 Å². The Balaban J connectivity index is 0.00000353. The van der Waals surface area contributed by atoms with Gasteiger partial charge in [-0.2, -0.15) is 0 Å². The minimum atomic E-state index is -1.21. The molecule has 2 fully saturated rings. The molecule has 2 saturated heterocycles. The van der Waals surface area contributed by atoms with Gasteiger partial charge < -0.3 is 30.1 Å². The summed E-state index contributed by atoms with van der Waals surface area (Å²) in [6, 6.07) is 9.22. The van der Waals surface area contributed by atoms with Crippen molar-refractivity contribution in [3.63, 3.8) is 0 Å². The molecule has 218 valence electrons. The number of nitrogens with zero attached hydrogens (tertiary/aromatic N) is 6. The lowest BCUT2D eigenvalue weighted by Gasteiger charge is -2.32. The predicted molar refractivity (Wildman–Crippen MR) is 151 cm³/mol. The van der Waals surface area contributed by atoms with Gasteiger partial charge in [0, 0.05) is 30.5 Å². The zero-order chi connectivity index (χ0) is 28.3. The summed E-state index contributed by atoms with van der Waals surface area (Å²) in [6.07, 6.45) is 5.94. The number of carboxylic acid groups (broad SMARTS) is 1. The molecule has 4 N–H and O–H groups in total. The summed E-state index contributed by atoms with van der Waals surface area (Å²) in [5.41, 5.74) is 3.01. The third kappa shape index (κ3) is 6.08. The van der Waals surface area contributed by atoms with Gasteiger partial charge in [-0.25, -0.2) is 19.2 Å². The summed E-state index contributed by atoms with van der Waals surface area (Å²) in [5.74, 6) is -0.288. The molecule has 0 aliphatic carbocycles. The maximum atomic E-state index is 14.4. The van der Waals surface area contributed by atoms with Gasteiger partial charge in [0.2, 0.25) is 5.88 Å². The number of ether oxygens (including phenoxy) is 2. The number of carbonyl (C=O) groups is 1. The van der Waals surface area contributed by atoms with E-state index < -0.39 is 11.8 Å². The first-order valence-electron chi connectivity index (χ1n) is 13.6. The van der Waals surface area contributed by atoms with E-state index in [-0.39, 0.29) is 36.0 Å². The number of rotatable bonds is 9. The van der Waals surface area contributed by atoms with E-state index in [0.717, 1.165) is 61.5 Å². The SMILES string of the molecule is [C-]#[N+]c1ccc(COc2nccnc2C2CCN(Cc3nc4ccc(C(=O)[O-])cc4n3C[C@@H]3CCO3)CC2)c(F)c1.[NH4+]. The van der Waals surface area contributed by atoms with Crippen LogP contribution in [-0.4, -0.2) is 56.2 Å².